The highest BCUT2D eigenvalue weighted by Crippen LogP contribution is 2.19. The van der Waals surface area contributed by atoms with Gasteiger partial charge in [0.05, 0.1) is 12.9 Å². The molecule has 0 spiro atoms. The van der Waals surface area contributed by atoms with Crippen LogP contribution in [-0.2, 0) is 24.7 Å². The maximum absolute atomic E-state index is 12.1. The zero-order valence-corrected chi connectivity index (χ0v) is 18.0. The number of hydrogen-bond donors (Lipinski definition) is 1. The number of methoxy groups -OCH3 is 1. The van der Waals surface area contributed by atoms with Crippen molar-refractivity contribution in [1.82, 2.24) is 14.8 Å². The normalized spacial score (nSPS) is 10.7. The molecule has 1 amide bonds. The molecule has 1 N–H and O–H groups in total. The van der Waals surface area contributed by atoms with Gasteiger partial charge in [0.15, 0.2) is 5.16 Å². The highest BCUT2D eigenvalue weighted by Gasteiger charge is 2.11. The van der Waals surface area contributed by atoms with Crippen molar-refractivity contribution in [3.8, 4) is 5.75 Å². The fourth-order valence-corrected chi connectivity index (χ4v) is 3.65. The average molecular weight is 431 g/mol. The zero-order valence-electron chi connectivity index (χ0n) is 16.4. The number of nitrogens with one attached hydrogen (secondary N) is 1. The standard InChI is InChI=1S/C21H23ClN4O2S/c1-26-19(5-3-4-15-6-12-18(28-2)13-7-15)24-25-21(26)29-14-20(27)23-17-10-8-16(22)9-11-17/h6-13H,3-5,14H2,1-2H3,(H,23,27). The van der Waals surface area contributed by atoms with Crippen molar-refractivity contribution >= 4 is 35.0 Å². The molecule has 0 bridgehead atoms. The molecule has 6 nitrogen and oxygen atoms in total. The van der Waals surface area contributed by atoms with Crippen molar-refractivity contribution in [2.24, 2.45) is 7.05 Å². The second kappa shape index (κ2) is 10.3. The minimum atomic E-state index is -0.0959. The molecule has 152 valence electrons. The SMILES string of the molecule is COc1ccc(CCCc2nnc(SCC(=O)Nc3ccc(Cl)cc3)n2C)cc1. The van der Waals surface area contributed by atoms with Gasteiger partial charge in [0, 0.05) is 24.2 Å². The first-order valence-electron chi connectivity index (χ1n) is 9.24. The number of carbonyl (C=O) groups excluding carboxylic acids is 1. The molecule has 0 fully saturated rings. The molecule has 3 rings (SSSR count). The lowest BCUT2D eigenvalue weighted by molar-refractivity contribution is -0.113. The number of anilines is 1. The van der Waals surface area contributed by atoms with Crippen LogP contribution < -0.4 is 10.1 Å². The lowest BCUT2D eigenvalue weighted by Crippen LogP contribution is -2.14. The minimum absolute atomic E-state index is 0.0959. The molecule has 0 atom stereocenters. The van der Waals surface area contributed by atoms with Crippen LogP contribution in [0.4, 0.5) is 5.69 Å². The monoisotopic (exact) mass is 430 g/mol. The van der Waals surface area contributed by atoms with E-state index in [0.29, 0.717) is 5.02 Å². The van der Waals surface area contributed by atoms with E-state index in [1.165, 1.54) is 17.3 Å². The Morgan fingerprint density at radius 2 is 1.83 bits per heavy atom. The number of amides is 1. The minimum Gasteiger partial charge on any atom is -0.497 e. The third-order valence-electron chi connectivity index (χ3n) is 4.41. The quantitative estimate of drug-likeness (QED) is 0.510. The number of carbonyl (C=O) groups is 1. The van der Waals surface area contributed by atoms with Gasteiger partial charge in [-0.1, -0.05) is 35.5 Å². The van der Waals surface area contributed by atoms with Gasteiger partial charge >= 0.3 is 0 Å². The predicted octanol–water partition coefficient (Wildman–Crippen LogP) is 4.38. The van der Waals surface area contributed by atoms with E-state index in [-0.39, 0.29) is 11.7 Å². The second-order valence-corrected chi connectivity index (χ2v) is 7.88. The van der Waals surface area contributed by atoms with Crippen LogP contribution in [0, 0.1) is 0 Å². The van der Waals surface area contributed by atoms with Crippen LogP contribution in [0.1, 0.15) is 17.8 Å². The highest BCUT2D eigenvalue weighted by atomic mass is 35.5. The molecule has 0 aliphatic carbocycles. The number of benzene rings is 2. The molecule has 8 heteroatoms. The molecule has 0 saturated heterocycles. The summed E-state index contributed by atoms with van der Waals surface area (Å²) < 4.78 is 7.13. The van der Waals surface area contributed by atoms with E-state index in [2.05, 4.69) is 27.6 Å². The van der Waals surface area contributed by atoms with Crippen LogP contribution >= 0.6 is 23.4 Å². The first kappa shape index (κ1) is 21.2. The Balaban J connectivity index is 1.45. The number of rotatable bonds is 9. The van der Waals surface area contributed by atoms with E-state index in [0.717, 1.165) is 41.7 Å². The van der Waals surface area contributed by atoms with Gasteiger partial charge in [-0.2, -0.15) is 0 Å². The summed E-state index contributed by atoms with van der Waals surface area (Å²) in [6, 6.07) is 15.1. The number of ether oxygens (including phenoxy) is 1. The number of halogens is 1. The summed E-state index contributed by atoms with van der Waals surface area (Å²) in [5.41, 5.74) is 1.98. The summed E-state index contributed by atoms with van der Waals surface area (Å²) >= 11 is 7.22. The van der Waals surface area contributed by atoms with E-state index >= 15 is 0 Å². The van der Waals surface area contributed by atoms with Gasteiger partial charge in [-0.25, -0.2) is 0 Å². The van der Waals surface area contributed by atoms with Gasteiger partial charge in [-0.15, -0.1) is 10.2 Å². The summed E-state index contributed by atoms with van der Waals surface area (Å²) in [4.78, 5) is 12.1. The molecule has 2 aromatic carbocycles. The molecular weight excluding hydrogens is 408 g/mol. The summed E-state index contributed by atoms with van der Waals surface area (Å²) in [6.45, 7) is 0. The Bertz CT molecular complexity index is 942. The first-order valence-corrected chi connectivity index (χ1v) is 10.6. The molecule has 3 aromatic rings. The molecule has 1 heterocycles. The maximum Gasteiger partial charge on any atom is 0.234 e. The summed E-state index contributed by atoms with van der Waals surface area (Å²) in [6.07, 6.45) is 2.76. The fourth-order valence-electron chi connectivity index (χ4n) is 2.79. The maximum atomic E-state index is 12.1. The second-order valence-electron chi connectivity index (χ2n) is 6.50. The molecule has 0 aliphatic heterocycles. The van der Waals surface area contributed by atoms with Crippen LogP contribution in [0.25, 0.3) is 0 Å². The number of aryl methyl sites for hydroxylation is 2. The number of nitrogens with zero attached hydrogens (tertiary/aromatic N) is 3. The Labute approximate surface area is 179 Å². The molecule has 0 unspecified atom stereocenters. The third kappa shape index (κ3) is 6.24. The molecule has 0 saturated carbocycles. The van der Waals surface area contributed by atoms with Crippen molar-refractivity contribution in [1.29, 1.82) is 0 Å². The summed E-state index contributed by atoms with van der Waals surface area (Å²) in [5, 5.41) is 12.7. The Kier molecular flexibility index (Phi) is 7.55. The molecule has 0 aliphatic rings. The first-order chi connectivity index (χ1) is 14.0. The number of hydrogen-bond acceptors (Lipinski definition) is 5. The van der Waals surface area contributed by atoms with E-state index in [1.54, 1.807) is 31.4 Å². The summed E-state index contributed by atoms with van der Waals surface area (Å²) in [5.74, 6) is 1.95. The van der Waals surface area contributed by atoms with Crippen LogP contribution in [-0.4, -0.2) is 33.5 Å². The number of aromatic nitrogens is 3. The van der Waals surface area contributed by atoms with Crippen LogP contribution in [0.3, 0.4) is 0 Å². The third-order valence-corrected chi connectivity index (χ3v) is 5.68. The van der Waals surface area contributed by atoms with Crippen molar-refractivity contribution in [2.45, 2.75) is 24.4 Å². The molecule has 0 radical (unpaired) electrons. The van der Waals surface area contributed by atoms with E-state index in [1.807, 2.05) is 23.7 Å². The van der Waals surface area contributed by atoms with E-state index in [9.17, 15) is 4.79 Å². The van der Waals surface area contributed by atoms with Crippen molar-refractivity contribution in [3.05, 3.63) is 64.9 Å². The van der Waals surface area contributed by atoms with Crippen LogP contribution in [0.15, 0.2) is 53.7 Å². The zero-order chi connectivity index (χ0) is 20.6. The molecular formula is C21H23ClN4O2S. The van der Waals surface area contributed by atoms with Crippen molar-refractivity contribution in [2.75, 3.05) is 18.2 Å². The molecule has 1 aromatic heterocycles. The van der Waals surface area contributed by atoms with Gasteiger partial charge in [-0.05, 0) is 54.8 Å². The van der Waals surface area contributed by atoms with Gasteiger partial charge in [0.25, 0.3) is 0 Å². The Morgan fingerprint density at radius 1 is 1.10 bits per heavy atom. The predicted molar refractivity (Wildman–Crippen MR) is 117 cm³/mol. The van der Waals surface area contributed by atoms with Gasteiger partial charge < -0.3 is 14.6 Å². The van der Waals surface area contributed by atoms with Crippen LogP contribution in [0.2, 0.25) is 5.02 Å². The van der Waals surface area contributed by atoms with E-state index in [4.69, 9.17) is 16.3 Å². The topological polar surface area (TPSA) is 69.0 Å². The average Bonchev–Trinajstić information content (AvgIpc) is 3.08. The highest BCUT2D eigenvalue weighted by molar-refractivity contribution is 7.99. The van der Waals surface area contributed by atoms with Gasteiger partial charge in [0.1, 0.15) is 11.6 Å². The smallest absolute Gasteiger partial charge is 0.234 e. The van der Waals surface area contributed by atoms with Crippen LogP contribution in [0.5, 0.6) is 5.75 Å². The lowest BCUT2D eigenvalue weighted by atomic mass is 10.1. The summed E-state index contributed by atoms with van der Waals surface area (Å²) in [7, 11) is 3.60. The van der Waals surface area contributed by atoms with Gasteiger partial charge in [-0.3, -0.25) is 4.79 Å². The van der Waals surface area contributed by atoms with Gasteiger partial charge in [0.2, 0.25) is 5.91 Å². The Morgan fingerprint density at radius 3 is 2.52 bits per heavy atom. The number of thioether (sulfide) groups is 1. The van der Waals surface area contributed by atoms with E-state index < -0.39 is 0 Å². The van der Waals surface area contributed by atoms with Crippen molar-refractivity contribution in [3.63, 3.8) is 0 Å². The lowest BCUT2D eigenvalue weighted by Gasteiger charge is -2.06. The largest absolute Gasteiger partial charge is 0.497 e. The molecule has 29 heavy (non-hydrogen) atoms. The van der Waals surface area contributed by atoms with Crippen molar-refractivity contribution < 1.29 is 9.53 Å². The fraction of sp³-hybridized carbons (Fsp3) is 0.286. The Hall–Kier alpha value is -2.51.